The molecule has 1 atom stereocenters. The first kappa shape index (κ1) is 17.8. The molecule has 1 aliphatic carbocycles. The van der Waals surface area contributed by atoms with Crippen molar-refractivity contribution in [1.29, 1.82) is 0 Å². The quantitative estimate of drug-likeness (QED) is 0.558. The highest BCUT2D eigenvalue weighted by atomic mass is 16.4. The Morgan fingerprint density at radius 1 is 1.14 bits per heavy atom. The molecule has 0 aromatic carbocycles. The summed E-state index contributed by atoms with van der Waals surface area (Å²) in [5.41, 5.74) is 5.36. The Balaban J connectivity index is 1.88. The number of unbranched alkanes of at least 4 members (excludes halogenated alkanes) is 1. The summed E-state index contributed by atoms with van der Waals surface area (Å²) in [6, 6.07) is 0.742. The van der Waals surface area contributed by atoms with E-state index in [0.717, 1.165) is 51.1 Å². The first-order valence-electron chi connectivity index (χ1n) is 9.34. The van der Waals surface area contributed by atoms with Crippen molar-refractivity contribution in [3.8, 4) is 0 Å². The van der Waals surface area contributed by atoms with Crippen LogP contribution in [0.25, 0.3) is 0 Å². The average molecular weight is 308 g/mol. The van der Waals surface area contributed by atoms with Crippen molar-refractivity contribution in [3.63, 3.8) is 0 Å². The van der Waals surface area contributed by atoms with E-state index in [0.29, 0.717) is 6.42 Å². The molecular weight excluding hydrogens is 275 g/mol. The molecule has 1 aliphatic heterocycles. The molecule has 1 heterocycles. The van der Waals surface area contributed by atoms with Gasteiger partial charge in [-0.25, -0.2) is 0 Å². The number of nitrogens with two attached hydrogens (primary N) is 1. The lowest BCUT2D eigenvalue weighted by molar-refractivity contribution is -0.147. The molecule has 2 fully saturated rings. The van der Waals surface area contributed by atoms with E-state index < -0.39 is 11.5 Å². The molecule has 126 valence electrons. The van der Waals surface area contributed by atoms with E-state index in [9.17, 15) is 9.90 Å². The van der Waals surface area contributed by atoms with Crippen LogP contribution in [0.1, 0.15) is 64.2 Å². The molecule has 0 bridgehead atoms. The lowest BCUT2D eigenvalue weighted by atomic mass is 9.74. The average Bonchev–Trinajstić information content (AvgIpc) is 2.56. The second-order valence-corrected chi connectivity index (χ2v) is 7.40. The van der Waals surface area contributed by atoms with Crippen LogP contribution in [0.2, 0.25) is 6.32 Å². The number of likely N-dealkylation sites (tertiary alicyclic amines) is 1. The number of carboxylic acid groups (broad SMARTS) is 1. The third kappa shape index (κ3) is 4.26. The summed E-state index contributed by atoms with van der Waals surface area (Å²) in [6.45, 7) is 2.07. The molecule has 4 nitrogen and oxygen atoms in total. The molecule has 5 heteroatoms. The summed E-state index contributed by atoms with van der Waals surface area (Å²) >= 11 is 0. The van der Waals surface area contributed by atoms with Crippen molar-refractivity contribution in [2.24, 2.45) is 11.7 Å². The maximum Gasteiger partial charge on any atom is 0.323 e. The molecule has 1 saturated carbocycles. The van der Waals surface area contributed by atoms with Crippen molar-refractivity contribution in [2.45, 2.75) is 82.1 Å². The SMILES string of the molecule is BCCCCC(N)(C(=O)O)C1CCN(C2CCCCC2)CC1. The minimum atomic E-state index is -1.01. The molecule has 1 unspecified atom stereocenters. The Morgan fingerprint density at radius 2 is 1.77 bits per heavy atom. The highest BCUT2D eigenvalue weighted by molar-refractivity contribution is 6.08. The van der Waals surface area contributed by atoms with Gasteiger partial charge in [0, 0.05) is 6.04 Å². The summed E-state index contributed by atoms with van der Waals surface area (Å²) in [7, 11) is 2.14. The fourth-order valence-corrected chi connectivity index (χ4v) is 4.38. The monoisotopic (exact) mass is 308 g/mol. The predicted molar refractivity (Wildman–Crippen MR) is 92.9 cm³/mol. The van der Waals surface area contributed by atoms with Gasteiger partial charge in [-0.3, -0.25) is 4.79 Å². The Kier molecular flexibility index (Phi) is 6.75. The Labute approximate surface area is 136 Å². The van der Waals surface area contributed by atoms with E-state index in [1.807, 2.05) is 0 Å². The second kappa shape index (κ2) is 8.35. The summed E-state index contributed by atoms with van der Waals surface area (Å²) in [6.07, 6.45) is 12.4. The number of hydrogen-bond acceptors (Lipinski definition) is 3. The van der Waals surface area contributed by atoms with Crippen molar-refractivity contribution >= 4 is 13.8 Å². The summed E-state index contributed by atoms with van der Waals surface area (Å²) in [5.74, 6) is -0.651. The largest absolute Gasteiger partial charge is 0.480 e. The van der Waals surface area contributed by atoms with Crippen LogP contribution in [-0.4, -0.2) is 48.5 Å². The molecular formula is C17H33BN2O2. The van der Waals surface area contributed by atoms with Crippen LogP contribution >= 0.6 is 0 Å². The highest BCUT2D eigenvalue weighted by Gasteiger charge is 2.43. The molecule has 2 aliphatic rings. The van der Waals surface area contributed by atoms with Gasteiger partial charge in [-0.1, -0.05) is 38.4 Å². The molecule has 2 rings (SSSR count). The fraction of sp³-hybridized carbons (Fsp3) is 0.941. The Morgan fingerprint density at radius 3 is 2.32 bits per heavy atom. The molecule has 0 amide bonds. The van der Waals surface area contributed by atoms with Crippen molar-refractivity contribution in [1.82, 2.24) is 4.90 Å². The molecule has 3 N–H and O–H groups in total. The zero-order valence-electron chi connectivity index (χ0n) is 14.2. The van der Waals surface area contributed by atoms with Gasteiger partial charge in [0.15, 0.2) is 0 Å². The summed E-state index contributed by atoms with van der Waals surface area (Å²) in [5, 5.41) is 9.66. The van der Waals surface area contributed by atoms with Gasteiger partial charge in [0.05, 0.1) is 0 Å². The van der Waals surface area contributed by atoms with Crippen LogP contribution in [0.3, 0.4) is 0 Å². The van der Waals surface area contributed by atoms with E-state index in [2.05, 4.69) is 12.7 Å². The fourth-order valence-electron chi connectivity index (χ4n) is 4.38. The highest BCUT2D eigenvalue weighted by Crippen LogP contribution is 2.33. The maximum atomic E-state index is 11.8. The van der Waals surface area contributed by atoms with Crippen LogP contribution in [-0.2, 0) is 4.79 Å². The van der Waals surface area contributed by atoms with Gasteiger partial charge in [0.25, 0.3) is 0 Å². The molecule has 1 saturated heterocycles. The Hall–Kier alpha value is -0.545. The van der Waals surface area contributed by atoms with Crippen LogP contribution in [0.15, 0.2) is 0 Å². The zero-order chi connectivity index (χ0) is 16.0. The third-order valence-electron chi connectivity index (χ3n) is 5.94. The van der Waals surface area contributed by atoms with Crippen LogP contribution in [0.4, 0.5) is 0 Å². The summed E-state index contributed by atoms with van der Waals surface area (Å²) in [4.78, 5) is 14.4. The van der Waals surface area contributed by atoms with Gasteiger partial charge in [0.1, 0.15) is 13.4 Å². The number of rotatable bonds is 7. The van der Waals surface area contributed by atoms with Crippen LogP contribution < -0.4 is 5.73 Å². The van der Waals surface area contributed by atoms with Gasteiger partial charge in [-0.05, 0) is 51.1 Å². The van der Waals surface area contributed by atoms with Gasteiger partial charge in [-0.2, -0.15) is 0 Å². The lowest BCUT2D eigenvalue weighted by Crippen LogP contribution is -2.57. The number of carbonyl (C=O) groups is 1. The predicted octanol–water partition coefficient (Wildman–Crippen LogP) is 2.03. The van der Waals surface area contributed by atoms with E-state index in [1.165, 1.54) is 32.1 Å². The van der Waals surface area contributed by atoms with Crippen molar-refractivity contribution in [2.75, 3.05) is 13.1 Å². The molecule has 0 aromatic heterocycles. The van der Waals surface area contributed by atoms with Crippen LogP contribution in [0, 0.1) is 5.92 Å². The maximum absolute atomic E-state index is 11.8. The second-order valence-electron chi connectivity index (χ2n) is 7.40. The number of aliphatic carboxylic acids is 1. The van der Waals surface area contributed by atoms with E-state index in [1.54, 1.807) is 0 Å². The van der Waals surface area contributed by atoms with Gasteiger partial charge in [-0.15, -0.1) is 0 Å². The number of carboxylic acids is 1. The van der Waals surface area contributed by atoms with Crippen molar-refractivity contribution in [3.05, 3.63) is 0 Å². The lowest BCUT2D eigenvalue weighted by Gasteiger charge is -2.43. The summed E-state index contributed by atoms with van der Waals surface area (Å²) < 4.78 is 0. The van der Waals surface area contributed by atoms with Gasteiger partial charge < -0.3 is 15.7 Å². The zero-order valence-corrected chi connectivity index (χ0v) is 14.2. The van der Waals surface area contributed by atoms with E-state index in [4.69, 9.17) is 5.73 Å². The van der Waals surface area contributed by atoms with Gasteiger partial charge in [0.2, 0.25) is 0 Å². The van der Waals surface area contributed by atoms with E-state index >= 15 is 0 Å². The standard InChI is InChI=1S/C17H33BN2O2/c18-11-5-4-10-17(19,16(21)22)14-8-12-20(13-9-14)15-6-2-1-3-7-15/h14-15H,1-13,18-19H2,(H,21,22). The first-order valence-corrected chi connectivity index (χ1v) is 9.34. The molecule has 22 heavy (non-hydrogen) atoms. The minimum absolute atomic E-state index is 0.140. The smallest absolute Gasteiger partial charge is 0.323 e. The Bertz CT molecular complexity index is 353. The number of hydrogen-bond donors (Lipinski definition) is 2. The minimum Gasteiger partial charge on any atom is -0.480 e. The van der Waals surface area contributed by atoms with E-state index in [-0.39, 0.29) is 5.92 Å². The number of nitrogens with zero attached hydrogens (tertiary/aromatic N) is 1. The first-order chi connectivity index (χ1) is 10.6. The number of piperidine rings is 1. The van der Waals surface area contributed by atoms with Gasteiger partial charge >= 0.3 is 5.97 Å². The van der Waals surface area contributed by atoms with Crippen LogP contribution in [0.5, 0.6) is 0 Å². The third-order valence-corrected chi connectivity index (χ3v) is 5.94. The molecule has 0 aromatic rings. The molecule has 0 spiro atoms. The topological polar surface area (TPSA) is 66.6 Å². The molecule has 0 radical (unpaired) electrons. The normalized spacial score (nSPS) is 25.0. The van der Waals surface area contributed by atoms with Crippen molar-refractivity contribution < 1.29 is 9.90 Å².